The summed E-state index contributed by atoms with van der Waals surface area (Å²) in [5, 5.41) is 1.39. The van der Waals surface area contributed by atoms with Crippen molar-refractivity contribution in [1.82, 2.24) is 9.97 Å². The van der Waals surface area contributed by atoms with Gasteiger partial charge in [0.15, 0.2) is 5.82 Å². The highest BCUT2D eigenvalue weighted by Gasteiger charge is 2.13. The molecule has 0 amide bonds. The summed E-state index contributed by atoms with van der Waals surface area (Å²) in [7, 11) is 0. The van der Waals surface area contributed by atoms with Gasteiger partial charge in [0, 0.05) is 21.5 Å². The molecule has 2 nitrogen and oxygen atoms in total. The predicted octanol–water partition coefficient (Wildman–Crippen LogP) is 5.81. The summed E-state index contributed by atoms with van der Waals surface area (Å²) >= 11 is 15.7. The van der Waals surface area contributed by atoms with Crippen molar-refractivity contribution in [3.05, 3.63) is 56.4 Å². The van der Waals surface area contributed by atoms with E-state index in [1.165, 1.54) is 6.07 Å². The van der Waals surface area contributed by atoms with Crippen LogP contribution in [-0.4, -0.2) is 9.97 Å². The van der Waals surface area contributed by atoms with Crippen molar-refractivity contribution in [2.24, 2.45) is 0 Å². The fourth-order valence-electron chi connectivity index (χ4n) is 2.01. The number of aryl methyl sites for hydroxylation is 1. The van der Waals surface area contributed by atoms with Gasteiger partial charge in [-0.05, 0) is 36.8 Å². The standard InChI is InChI=1S/C15H8BrCl2FN2/c1-7-4-10-13(6-12(7)19)20-15(21-14(10)18)9-3-2-8(16)5-11(9)17/h2-6H,1H3. The predicted molar refractivity (Wildman–Crippen MR) is 87.4 cm³/mol. The number of aromatic nitrogens is 2. The third-order valence-corrected chi connectivity index (χ3v) is 4.20. The summed E-state index contributed by atoms with van der Waals surface area (Å²) in [6, 6.07) is 8.36. The average Bonchev–Trinajstić information content (AvgIpc) is 2.41. The Morgan fingerprint density at radius 3 is 2.57 bits per heavy atom. The maximum atomic E-state index is 13.7. The van der Waals surface area contributed by atoms with Gasteiger partial charge in [0.1, 0.15) is 11.0 Å². The molecule has 3 aromatic rings. The van der Waals surface area contributed by atoms with Crippen molar-refractivity contribution in [1.29, 1.82) is 0 Å². The van der Waals surface area contributed by atoms with Crippen LogP contribution in [0.15, 0.2) is 34.8 Å². The monoisotopic (exact) mass is 384 g/mol. The largest absolute Gasteiger partial charge is 0.228 e. The fourth-order valence-corrected chi connectivity index (χ4v) is 3.00. The van der Waals surface area contributed by atoms with Gasteiger partial charge in [-0.25, -0.2) is 14.4 Å². The molecular weight excluding hydrogens is 378 g/mol. The topological polar surface area (TPSA) is 25.8 Å². The molecule has 2 aromatic carbocycles. The molecule has 0 bridgehead atoms. The summed E-state index contributed by atoms with van der Waals surface area (Å²) in [5.74, 6) is 0.0402. The molecule has 0 saturated carbocycles. The zero-order chi connectivity index (χ0) is 15.1. The zero-order valence-corrected chi connectivity index (χ0v) is 13.9. The van der Waals surface area contributed by atoms with Gasteiger partial charge in [-0.1, -0.05) is 39.1 Å². The minimum Gasteiger partial charge on any atom is -0.228 e. The van der Waals surface area contributed by atoms with Crippen molar-refractivity contribution >= 4 is 50.0 Å². The molecule has 1 heterocycles. The normalized spacial score (nSPS) is 11.1. The van der Waals surface area contributed by atoms with Gasteiger partial charge < -0.3 is 0 Å². The Labute approximate surface area is 139 Å². The maximum Gasteiger partial charge on any atom is 0.162 e. The van der Waals surface area contributed by atoms with E-state index in [0.717, 1.165) is 4.47 Å². The van der Waals surface area contributed by atoms with Crippen LogP contribution in [0.1, 0.15) is 5.56 Å². The van der Waals surface area contributed by atoms with Gasteiger partial charge in [0.25, 0.3) is 0 Å². The van der Waals surface area contributed by atoms with E-state index in [4.69, 9.17) is 23.2 Å². The van der Waals surface area contributed by atoms with Crippen LogP contribution in [-0.2, 0) is 0 Å². The van der Waals surface area contributed by atoms with E-state index in [-0.39, 0.29) is 11.0 Å². The third kappa shape index (κ3) is 2.76. The second-order valence-corrected chi connectivity index (χ2v) is 6.26. The molecule has 21 heavy (non-hydrogen) atoms. The smallest absolute Gasteiger partial charge is 0.162 e. The lowest BCUT2D eigenvalue weighted by Gasteiger charge is -2.08. The second-order valence-electron chi connectivity index (χ2n) is 4.58. The Bertz CT molecular complexity index is 868. The van der Waals surface area contributed by atoms with E-state index in [1.54, 1.807) is 25.1 Å². The Hall–Kier alpha value is -1.23. The van der Waals surface area contributed by atoms with Crippen LogP contribution in [0, 0.1) is 12.7 Å². The number of hydrogen-bond donors (Lipinski definition) is 0. The lowest BCUT2D eigenvalue weighted by Crippen LogP contribution is -1.94. The van der Waals surface area contributed by atoms with E-state index >= 15 is 0 Å². The number of hydrogen-bond acceptors (Lipinski definition) is 2. The van der Waals surface area contributed by atoms with Gasteiger partial charge in [0.2, 0.25) is 0 Å². The second kappa shape index (κ2) is 5.52. The lowest BCUT2D eigenvalue weighted by molar-refractivity contribution is 0.620. The number of benzene rings is 2. The molecule has 0 spiro atoms. The molecule has 0 aliphatic heterocycles. The van der Waals surface area contributed by atoms with Crippen molar-refractivity contribution < 1.29 is 4.39 Å². The minimum absolute atomic E-state index is 0.275. The highest BCUT2D eigenvalue weighted by atomic mass is 79.9. The van der Waals surface area contributed by atoms with Crippen molar-refractivity contribution in [2.45, 2.75) is 6.92 Å². The molecular formula is C15H8BrCl2FN2. The minimum atomic E-state index is -0.329. The van der Waals surface area contributed by atoms with Gasteiger partial charge in [-0.2, -0.15) is 0 Å². The van der Waals surface area contributed by atoms with Crippen LogP contribution in [0.25, 0.3) is 22.3 Å². The summed E-state index contributed by atoms with van der Waals surface area (Å²) in [6.07, 6.45) is 0. The Morgan fingerprint density at radius 1 is 1.10 bits per heavy atom. The molecule has 3 rings (SSSR count). The Balaban J connectivity index is 2.27. The van der Waals surface area contributed by atoms with Crippen LogP contribution in [0.3, 0.4) is 0 Å². The van der Waals surface area contributed by atoms with Crippen molar-refractivity contribution in [3.63, 3.8) is 0 Å². The third-order valence-electron chi connectivity index (χ3n) is 3.10. The molecule has 6 heteroatoms. The number of fused-ring (bicyclic) bond motifs is 1. The molecule has 106 valence electrons. The molecule has 0 saturated heterocycles. The van der Waals surface area contributed by atoms with E-state index in [0.29, 0.717) is 32.9 Å². The highest BCUT2D eigenvalue weighted by Crippen LogP contribution is 2.31. The average molecular weight is 386 g/mol. The molecule has 0 unspecified atom stereocenters. The van der Waals surface area contributed by atoms with Crippen LogP contribution >= 0.6 is 39.1 Å². The summed E-state index contributed by atoms with van der Waals surface area (Å²) in [6.45, 7) is 1.67. The van der Waals surface area contributed by atoms with Crippen LogP contribution in [0.5, 0.6) is 0 Å². The first-order valence-electron chi connectivity index (χ1n) is 6.04. The first-order chi connectivity index (χ1) is 9.95. The van der Waals surface area contributed by atoms with E-state index in [2.05, 4.69) is 25.9 Å². The van der Waals surface area contributed by atoms with E-state index in [1.807, 2.05) is 6.07 Å². The van der Waals surface area contributed by atoms with Gasteiger partial charge in [-0.3, -0.25) is 0 Å². The molecule has 0 fully saturated rings. The first-order valence-corrected chi connectivity index (χ1v) is 7.59. The van der Waals surface area contributed by atoms with E-state index < -0.39 is 0 Å². The molecule has 0 atom stereocenters. The highest BCUT2D eigenvalue weighted by molar-refractivity contribution is 9.10. The summed E-state index contributed by atoms with van der Waals surface area (Å²) in [4.78, 5) is 8.63. The quantitative estimate of drug-likeness (QED) is 0.493. The van der Waals surface area contributed by atoms with Gasteiger partial charge in [-0.15, -0.1) is 0 Å². The van der Waals surface area contributed by atoms with Crippen LogP contribution < -0.4 is 0 Å². The fraction of sp³-hybridized carbons (Fsp3) is 0.0667. The van der Waals surface area contributed by atoms with E-state index in [9.17, 15) is 4.39 Å². The first kappa shape index (κ1) is 14.7. The Kier molecular flexibility index (Phi) is 3.86. The summed E-state index contributed by atoms with van der Waals surface area (Å²) in [5.41, 5.74) is 1.60. The molecule has 0 aliphatic carbocycles. The molecule has 1 aromatic heterocycles. The number of halogens is 4. The van der Waals surface area contributed by atoms with Gasteiger partial charge >= 0.3 is 0 Å². The van der Waals surface area contributed by atoms with Crippen LogP contribution in [0.4, 0.5) is 4.39 Å². The SMILES string of the molecule is Cc1cc2c(Cl)nc(-c3ccc(Br)cc3Cl)nc2cc1F. The molecule has 0 aliphatic rings. The number of rotatable bonds is 1. The zero-order valence-electron chi connectivity index (χ0n) is 10.8. The summed E-state index contributed by atoms with van der Waals surface area (Å²) < 4.78 is 14.6. The van der Waals surface area contributed by atoms with Crippen LogP contribution in [0.2, 0.25) is 10.2 Å². The number of nitrogens with zero attached hydrogens (tertiary/aromatic N) is 2. The van der Waals surface area contributed by atoms with Gasteiger partial charge in [0.05, 0.1) is 10.5 Å². The molecule has 0 N–H and O–H groups in total. The Morgan fingerprint density at radius 2 is 1.86 bits per heavy atom. The van der Waals surface area contributed by atoms with Crippen molar-refractivity contribution in [3.8, 4) is 11.4 Å². The maximum absolute atomic E-state index is 13.7. The van der Waals surface area contributed by atoms with Crippen molar-refractivity contribution in [2.75, 3.05) is 0 Å². The molecule has 0 radical (unpaired) electrons. The lowest BCUT2D eigenvalue weighted by atomic mass is 10.1.